The summed E-state index contributed by atoms with van der Waals surface area (Å²) in [4.78, 5) is 0. The number of ether oxygens (including phenoxy) is 1. The maximum Gasteiger partial charge on any atom is 0.419 e. The van der Waals surface area contributed by atoms with Crippen molar-refractivity contribution in [3.8, 4) is 16.9 Å². The van der Waals surface area contributed by atoms with Crippen LogP contribution in [0.3, 0.4) is 0 Å². The molecule has 37 heavy (non-hydrogen) atoms. The van der Waals surface area contributed by atoms with E-state index in [0.717, 1.165) is 30.3 Å². The van der Waals surface area contributed by atoms with Gasteiger partial charge < -0.3 is 10.1 Å². The standard InChI is InChI=1S/C23H19ClF6N2O3S2/c1-21(7-8-31-12-21)35-18-10-15(5-6-17(18)23(28,29)30)32-37(33,34)19-11-16(20(24)36-19)13-3-2-4-14(9-13)22(25,26)27/h2-6,9-11,31-32H,7-8,12H2,1H3/t21-/m1/s1. The number of sulfonamides is 1. The predicted molar refractivity (Wildman–Crippen MR) is 129 cm³/mol. The average Bonchev–Trinajstić information content (AvgIpc) is 3.38. The molecular weight excluding hydrogens is 566 g/mol. The van der Waals surface area contributed by atoms with Crippen LogP contribution in [0.25, 0.3) is 11.1 Å². The molecule has 0 radical (unpaired) electrons. The van der Waals surface area contributed by atoms with Crippen LogP contribution in [0.5, 0.6) is 5.75 Å². The Hall–Kier alpha value is -2.48. The molecule has 0 amide bonds. The summed E-state index contributed by atoms with van der Waals surface area (Å²) in [5, 5.41) is 3.01. The Kier molecular flexibility index (Phi) is 7.21. The van der Waals surface area contributed by atoms with Crippen LogP contribution in [0.1, 0.15) is 24.5 Å². The maximum absolute atomic E-state index is 13.6. The second-order valence-corrected chi connectivity index (χ2v) is 12.2. The first kappa shape index (κ1) is 27.6. The SMILES string of the molecule is C[C@@]1(Oc2cc(NS(=O)(=O)c3cc(-c4cccc(C(F)(F)F)c4)c(Cl)s3)ccc2C(F)(F)F)CCNC1. The highest BCUT2D eigenvalue weighted by Gasteiger charge is 2.38. The number of thiophene rings is 1. The first-order valence-electron chi connectivity index (χ1n) is 10.7. The summed E-state index contributed by atoms with van der Waals surface area (Å²) in [7, 11) is -4.36. The van der Waals surface area contributed by atoms with Gasteiger partial charge >= 0.3 is 12.4 Å². The molecule has 3 aromatic rings. The summed E-state index contributed by atoms with van der Waals surface area (Å²) in [5.41, 5.74) is -2.98. The van der Waals surface area contributed by atoms with E-state index < -0.39 is 44.9 Å². The molecule has 1 aromatic heterocycles. The van der Waals surface area contributed by atoms with Gasteiger partial charge in [0.25, 0.3) is 10.0 Å². The average molecular weight is 585 g/mol. The minimum Gasteiger partial charge on any atom is -0.485 e. The van der Waals surface area contributed by atoms with E-state index in [1.165, 1.54) is 12.1 Å². The number of nitrogens with one attached hydrogen (secondary N) is 2. The van der Waals surface area contributed by atoms with Gasteiger partial charge in [-0.25, -0.2) is 8.42 Å². The van der Waals surface area contributed by atoms with Gasteiger partial charge in [-0.1, -0.05) is 23.7 Å². The Morgan fingerprint density at radius 1 is 1.05 bits per heavy atom. The van der Waals surface area contributed by atoms with Gasteiger partial charge in [0.1, 0.15) is 19.9 Å². The highest BCUT2D eigenvalue weighted by molar-refractivity contribution is 7.94. The molecule has 5 nitrogen and oxygen atoms in total. The van der Waals surface area contributed by atoms with Crippen LogP contribution >= 0.6 is 22.9 Å². The number of alkyl halides is 6. The second-order valence-electron chi connectivity index (χ2n) is 8.62. The first-order chi connectivity index (χ1) is 17.1. The van der Waals surface area contributed by atoms with Crippen LogP contribution in [-0.4, -0.2) is 27.1 Å². The molecule has 1 aliphatic heterocycles. The maximum atomic E-state index is 13.6. The van der Waals surface area contributed by atoms with E-state index in [-0.39, 0.29) is 25.4 Å². The Morgan fingerprint density at radius 3 is 2.41 bits per heavy atom. The smallest absolute Gasteiger partial charge is 0.419 e. The fraction of sp³-hybridized carbons (Fsp3) is 0.304. The molecule has 0 spiro atoms. The largest absolute Gasteiger partial charge is 0.485 e. The van der Waals surface area contributed by atoms with Crippen molar-refractivity contribution in [3.05, 3.63) is 64.0 Å². The van der Waals surface area contributed by atoms with Gasteiger partial charge in [-0.2, -0.15) is 26.3 Å². The van der Waals surface area contributed by atoms with Gasteiger partial charge in [-0.05, 0) is 49.4 Å². The van der Waals surface area contributed by atoms with E-state index in [1.807, 2.05) is 0 Å². The number of benzene rings is 2. The molecule has 1 fully saturated rings. The fourth-order valence-corrected chi connectivity index (χ4v) is 6.61. The summed E-state index contributed by atoms with van der Waals surface area (Å²) in [5.74, 6) is -0.534. The number of hydrogen-bond acceptors (Lipinski definition) is 5. The summed E-state index contributed by atoms with van der Waals surface area (Å²) >= 11 is 6.76. The van der Waals surface area contributed by atoms with Gasteiger partial charge in [-0.15, -0.1) is 11.3 Å². The molecular formula is C23H19ClF6N2O3S2. The molecule has 0 aliphatic carbocycles. The highest BCUT2D eigenvalue weighted by Crippen LogP contribution is 2.42. The molecule has 1 aliphatic rings. The molecule has 1 saturated heterocycles. The lowest BCUT2D eigenvalue weighted by Crippen LogP contribution is -2.35. The van der Waals surface area contributed by atoms with E-state index >= 15 is 0 Å². The minimum absolute atomic E-state index is 0.0566. The molecule has 4 rings (SSSR count). The van der Waals surface area contributed by atoms with Crippen LogP contribution in [0, 0.1) is 0 Å². The monoisotopic (exact) mass is 584 g/mol. The van der Waals surface area contributed by atoms with Crippen LogP contribution < -0.4 is 14.8 Å². The van der Waals surface area contributed by atoms with Crippen molar-refractivity contribution in [2.24, 2.45) is 0 Å². The lowest BCUT2D eigenvalue weighted by atomic mass is 10.1. The predicted octanol–water partition coefficient (Wildman–Crippen LogP) is 7.04. The van der Waals surface area contributed by atoms with Crippen molar-refractivity contribution in [1.82, 2.24) is 5.32 Å². The van der Waals surface area contributed by atoms with Gasteiger partial charge in [0.2, 0.25) is 0 Å². The molecule has 2 N–H and O–H groups in total. The Morgan fingerprint density at radius 2 is 1.78 bits per heavy atom. The summed E-state index contributed by atoms with van der Waals surface area (Å²) in [6.07, 6.45) is -8.90. The number of hydrogen-bond donors (Lipinski definition) is 2. The third-order valence-electron chi connectivity index (χ3n) is 5.66. The summed E-state index contributed by atoms with van der Waals surface area (Å²) < 4.78 is 113. The van der Waals surface area contributed by atoms with Crippen molar-refractivity contribution in [2.45, 2.75) is 35.5 Å². The van der Waals surface area contributed by atoms with Gasteiger partial charge in [-0.3, -0.25) is 4.72 Å². The Labute approximate surface area is 217 Å². The lowest BCUT2D eigenvalue weighted by molar-refractivity contribution is -0.140. The van der Waals surface area contributed by atoms with E-state index in [1.54, 1.807) is 6.92 Å². The van der Waals surface area contributed by atoms with Crippen molar-refractivity contribution >= 4 is 38.6 Å². The van der Waals surface area contributed by atoms with Gasteiger partial charge in [0.05, 0.1) is 16.8 Å². The number of rotatable bonds is 6. The third-order valence-corrected chi connectivity index (χ3v) is 8.87. The van der Waals surface area contributed by atoms with Crippen molar-refractivity contribution in [2.75, 3.05) is 17.8 Å². The van der Waals surface area contributed by atoms with E-state index in [4.69, 9.17) is 16.3 Å². The number of anilines is 1. The molecule has 1 atom stereocenters. The van der Waals surface area contributed by atoms with Crippen LogP contribution in [0.15, 0.2) is 52.7 Å². The van der Waals surface area contributed by atoms with Crippen LogP contribution in [-0.2, 0) is 22.4 Å². The molecule has 200 valence electrons. The zero-order chi connectivity index (χ0) is 27.2. The second kappa shape index (κ2) is 9.68. The van der Waals surface area contributed by atoms with Crippen LogP contribution in [0.4, 0.5) is 32.0 Å². The van der Waals surface area contributed by atoms with Crippen molar-refractivity contribution < 1.29 is 39.5 Å². The quantitative estimate of drug-likeness (QED) is 0.305. The van der Waals surface area contributed by atoms with Gasteiger partial charge in [0, 0.05) is 24.6 Å². The normalized spacial score (nSPS) is 18.7. The molecule has 2 aromatic carbocycles. The van der Waals surface area contributed by atoms with E-state index in [0.29, 0.717) is 36.9 Å². The Balaban J connectivity index is 1.65. The first-order valence-corrected chi connectivity index (χ1v) is 13.4. The highest BCUT2D eigenvalue weighted by atomic mass is 35.5. The van der Waals surface area contributed by atoms with E-state index in [9.17, 15) is 34.8 Å². The Bertz CT molecular complexity index is 1410. The molecule has 2 heterocycles. The topological polar surface area (TPSA) is 67.4 Å². The minimum atomic E-state index is -4.74. The summed E-state index contributed by atoms with van der Waals surface area (Å²) in [6.45, 7) is 2.51. The molecule has 0 unspecified atom stereocenters. The lowest BCUT2D eigenvalue weighted by Gasteiger charge is -2.27. The van der Waals surface area contributed by atoms with Crippen LogP contribution in [0.2, 0.25) is 4.34 Å². The zero-order valence-electron chi connectivity index (χ0n) is 18.9. The van der Waals surface area contributed by atoms with Crippen molar-refractivity contribution in [1.29, 1.82) is 0 Å². The van der Waals surface area contributed by atoms with E-state index in [2.05, 4.69) is 10.0 Å². The molecule has 0 bridgehead atoms. The summed E-state index contributed by atoms with van der Waals surface area (Å²) in [6, 6.07) is 7.96. The van der Waals surface area contributed by atoms with Crippen molar-refractivity contribution in [3.63, 3.8) is 0 Å². The molecule has 14 heteroatoms. The number of halogens is 7. The molecule has 0 saturated carbocycles. The fourth-order valence-electron chi connectivity index (χ4n) is 3.80. The zero-order valence-corrected chi connectivity index (χ0v) is 21.3. The third kappa shape index (κ3) is 6.16. The van der Waals surface area contributed by atoms with Gasteiger partial charge in [0.15, 0.2) is 0 Å².